The van der Waals surface area contributed by atoms with Crippen molar-refractivity contribution >= 4 is 17.4 Å². The predicted octanol–water partition coefficient (Wildman–Crippen LogP) is 1.71. The van der Waals surface area contributed by atoms with Crippen LogP contribution in [0.5, 0.6) is 0 Å². The summed E-state index contributed by atoms with van der Waals surface area (Å²) < 4.78 is 18.6. The van der Waals surface area contributed by atoms with Gasteiger partial charge in [0.1, 0.15) is 11.4 Å². The summed E-state index contributed by atoms with van der Waals surface area (Å²) in [6.07, 6.45) is 0.378. The lowest BCUT2D eigenvalue weighted by Crippen LogP contribution is -2.49. The van der Waals surface area contributed by atoms with E-state index in [9.17, 15) is 9.18 Å². The van der Waals surface area contributed by atoms with Gasteiger partial charge in [0.2, 0.25) is 0 Å². The summed E-state index contributed by atoms with van der Waals surface area (Å²) in [4.78, 5) is 12.0. The molecular weight excluding hydrogens is 245 g/mol. The van der Waals surface area contributed by atoms with Gasteiger partial charge < -0.3 is 10.5 Å². The standard InChI is InChI=1S/C12H13ClFNO2/c13-9-2-1-3-10(14)8(9)6-11(16)12(15)4-5-17-7-12/h1-3H,4-7,15H2. The zero-order chi connectivity index (χ0) is 12.5. The first-order valence-corrected chi connectivity index (χ1v) is 5.73. The van der Waals surface area contributed by atoms with Crippen LogP contribution < -0.4 is 5.73 Å². The van der Waals surface area contributed by atoms with E-state index in [1.165, 1.54) is 12.1 Å². The zero-order valence-corrected chi connectivity index (χ0v) is 9.97. The Kier molecular flexibility index (Phi) is 3.47. The highest BCUT2D eigenvalue weighted by molar-refractivity contribution is 6.31. The van der Waals surface area contributed by atoms with Crippen molar-refractivity contribution in [1.29, 1.82) is 0 Å². The molecule has 1 aromatic carbocycles. The molecule has 0 amide bonds. The molecule has 1 aliphatic heterocycles. The van der Waals surface area contributed by atoms with Crippen molar-refractivity contribution in [3.8, 4) is 0 Å². The van der Waals surface area contributed by atoms with Crippen molar-refractivity contribution in [2.75, 3.05) is 13.2 Å². The predicted molar refractivity (Wildman–Crippen MR) is 62.5 cm³/mol. The molecule has 92 valence electrons. The number of ether oxygens (including phenoxy) is 1. The molecule has 0 bridgehead atoms. The highest BCUT2D eigenvalue weighted by Crippen LogP contribution is 2.24. The number of carbonyl (C=O) groups is 1. The van der Waals surface area contributed by atoms with Crippen LogP contribution in [0.4, 0.5) is 4.39 Å². The van der Waals surface area contributed by atoms with Crippen molar-refractivity contribution in [2.24, 2.45) is 5.73 Å². The lowest BCUT2D eigenvalue weighted by atomic mass is 9.90. The van der Waals surface area contributed by atoms with Crippen molar-refractivity contribution in [1.82, 2.24) is 0 Å². The second-order valence-corrected chi connectivity index (χ2v) is 4.67. The summed E-state index contributed by atoms with van der Waals surface area (Å²) in [6, 6.07) is 4.34. The largest absolute Gasteiger partial charge is 0.379 e. The Morgan fingerprint density at radius 2 is 2.35 bits per heavy atom. The van der Waals surface area contributed by atoms with Crippen LogP contribution in [0.1, 0.15) is 12.0 Å². The summed E-state index contributed by atoms with van der Waals surface area (Å²) in [7, 11) is 0. The molecule has 1 fully saturated rings. The van der Waals surface area contributed by atoms with Crippen LogP contribution in [0, 0.1) is 5.82 Å². The average molecular weight is 258 g/mol. The quantitative estimate of drug-likeness (QED) is 0.897. The maximum absolute atomic E-state index is 13.5. The normalized spacial score (nSPS) is 23.9. The molecule has 3 nitrogen and oxygen atoms in total. The van der Waals surface area contributed by atoms with E-state index in [1.807, 2.05) is 0 Å². The van der Waals surface area contributed by atoms with E-state index in [-0.39, 0.29) is 29.4 Å². The minimum absolute atomic E-state index is 0.0919. The minimum Gasteiger partial charge on any atom is -0.379 e. The number of nitrogens with two attached hydrogens (primary N) is 1. The van der Waals surface area contributed by atoms with Crippen molar-refractivity contribution < 1.29 is 13.9 Å². The van der Waals surface area contributed by atoms with E-state index in [0.717, 1.165) is 0 Å². The summed E-state index contributed by atoms with van der Waals surface area (Å²) in [5.41, 5.74) is 5.12. The maximum Gasteiger partial charge on any atom is 0.159 e. The first-order chi connectivity index (χ1) is 8.03. The molecule has 17 heavy (non-hydrogen) atoms. The van der Waals surface area contributed by atoms with E-state index in [2.05, 4.69) is 0 Å². The molecule has 2 N–H and O–H groups in total. The lowest BCUT2D eigenvalue weighted by molar-refractivity contribution is -0.123. The number of hydrogen-bond acceptors (Lipinski definition) is 3. The molecule has 2 rings (SSSR count). The van der Waals surface area contributed by atoms with Crippen LogP contribution in [0.25, 0.3) is 0 Å². The molecule has 1 unspecified atom stereocenters. The molecule has 0 saturated carbocycles. The van der Waals surface area contributed by atoms with Gasteiger partial charge in [-0.15, -0.1) is 0 Å². The summed E-state index contributed by atoms with van der Waals surface area (Å²) >= 11 is 5.86. The Bertz CT molecular complexity index is 424. The topological polar surface area (TPSA) is 52.3 Å². The lowest BCUT2D eigenvalue weighted by Gasteiger charge is -2.20. The van der Waals surface area contributed by atoms with Crippen LogP contribution in [0.15, 0.2) is 18.2 Å². The fraction of sp³-hybridized carbons (Fsp3) is 0.417. The third-order valence-electron chi connectivity index (χ3n) is 3.01. The summed E-state index contributed by atoms with van der Waals surface area (Å²) in [6.45, 7) is 0.658. The second kappa shape index (κ2) is 4.72. The molecule has 0 aliphatic carbocycles. The van der Waals surface area contributed by atoms with E-state index < -0.39 is 11.4 Å². The number of Topliss-reactive ketones (excluding diaryl/α,β-unsaturated/α-hetero) is 1. The van der Waals surface area contributed by atoms with Gasteiger partial charge >= 0.3 is 0 Å². The van der Waals surface area contributed by atoms with Gasteiger partial charge in [0.15, 0.2) is 5.78 Å². The number of benzene rings is 1. The number of hydrogen-bond donors (Lipinski definition) is 1. The van der Waals surface area contributed by atoms with Crippen molar-refractivity contribution in [3.05, 3.63) is 34.6 Å². The number of ketones is 1. The molecule has 1 aromatic rings. The fourth-order valence-electron chi connectivity index (χ4n) is 1.84. The van der Waals surface area contributed by atoms with Crippen LogP contribution >= 0.6 is 11.6 Å². The molecule has 0 aromatic heterocycles. The van der Waals surface area contributed by atoms with Gasteiger partial charge in [-0.3, -0.25) is 4.79 Å². The average Bonchev–Trinajstić information content (AvgIpc) is 2.72. The summed E-state index contributed by atoms with van der Waals surface area (Å²) in [5, 5.41) is 0.251. The Morgan fingerprint density at radius 3 is 2.94 bits per heavy atom. The number of halogens is 2. The highest BCUT2D eigenvalue weighted by Gasteiger charge is 2.38. The van der Waals surface area contributed by atoms with Gasteiger partial charge in [-0.1, -0.05) is 17.7 Å². The molecule has 1 saturated heterocycles. The van der Waals surface area contributed by atoms with Gasteiger partial charge in [0.05, 0.1) is 6.61 Å². The van der Waals surface area contributed by atoms with Crippen LogP contribution in [0.3, 0.4) is 0 Å². The molecule has 0 radical (unpaired) electrons. The van der Waals surface area contributed by atoms with Crippen molar-refractivity contribution in [3.63, 3.8) is 0 Å². The molecule has 5 heteroatoms. The maximum atomic E-state index is 13.5. The fourth-order valence-corrected chi connectivity index (χ4v) is 2.07. The van der Waals surface area contributed by atoms with E-state index in [4.69, 9.17) is 22.1 Å². The Hall–Kier alpha value is -0.970. The van der Waals surface area contributed by atoms with Crippen molar-refractivity contribution in [2.45, 2.75) is 18.4 Å². The monoisotopic (exact) mass is 257 g/mol. The minimum atomic E-state index is -0.994. The molecule has 0 spiro atoms. The van der Waals surface area contributed by atoms with Gasteiger partial charge in [-0.25, -0.2) is 4.39 Å². The molecule has 1 aliphatic rings. The van der Waals surface area contributed by atoms with E-state index >= 15 is 0 Å². The molecule has 1 atom stereocenters. The van der Waals surface area contributed by atoms with Gasteiger partial charge in [0.25, 0.3) is 0 Å². The van der Waals surface area contributed by atoms with E-state index in [0.29, 0.717) is 13.0 Å². The zero-order valence-electron chi connectivity index (χ0n) is 9.21. The molecule has 1 heterocycles. The first-order valence-electron chi connectivity index (χ1n) is 5.36. The second-order valence-electron chi connectivity index (χ2n) is 4.26. The smallest absolute Gasteiger partial charge is 0.159 e. The Balaban J connectivity index is 2.18. The number of rotatable bonds is 3. The van der Waals surface area contributed by atoms with Gasteiger partial charge in [-0.05, 0) is 18.6 Å². The van der Waals surface area contributed by atoms with Crippen LogP contribution in [0.2, 0.25) is 5.02 Å². The van der Waals surface area contributed by atoms with Gasteiger partial charge in [0, 0.05) is 23.6 Å². The third-order valence-corrected chi connectivity index (χ3v) is 3.36. The SMILES string of the molecule is NC1(C(=O)Cc2c(F)cccc2Cl)CCOC1. The van der Waals surface area contributed by atoms with Crippen LogP contribution in [-0.4, -0.2) is 24.5 Å². The third kappa shape index (κ3) is 2.49. The first kappa shape index (κ1) is 12.5. The Morgan fingerprint density at radius 1 is 1.59 bits per heavy atom. The highest BCUT2D eigenvalue weighted by atomic mass is 35.5. The number of carbonyl (C=O) groups excluding carboxylic acids is 1. The van der Waals surface area contributed by atoms with Gasteiger partial charge in [-0.2, -0.15) is 0 Å². The molecular formula is C12H13ClFNO2. The summed E-state index contributed by atoms with van der Waals surface area (Å²) in [5.74, 6) is -0.713. The van der Waals surface area contributed by atoms with Crippen LogP contribution in [-0.2, 0) is 16.0 Å². The Labute approximate surface area is 104 Å². The van der Waals surface area contributed by atoms with E-state index in [1.54, 1.807) is 6.07 Å².